The molecule has 25 heavy (non-hydrogen) atoms. The molecule has 0 radical (unpaired) electrons. The number of hydrogen-bond donors (Lipinski definition) is 1. The Morgan fingerprint density at radius 3 is 2.12 bits per heavy atom. The van der Waals surface area contributed by atoms with Gasteiger partial charge in [0, 0.05) is 16.9 Å². The molecule has 0 amide bonds. The first-order chi connectivity index (χ1) is 11.6. The van der Waals surface area contributed by atoms with Gasteiger partial charge in [-0.15, -0.1) is 0 Å². The highest BCUT2D eigenvalue weighted by molar-refractivity contribution is 7.95. The molecule has 0 saturated heterocycles. The van der Waals surface area contributed by atoms with Gasteiger partial charge in [-0.1, -0.05) is 11.6 Å². The summed E-state index contributed by atoms with van der Waals surface area (Å²) >= 11 is 5.69. The van der Waals surface area contributed by atoms with Crippen LogP contribution in [0.3, 0.4) is 0 Å². The van der Waals surface area contributed by atoms with E-state index in [4.69, 9.17) is 16.9 Å². The molecule has 0 unspecified atom stereocenters. The molecule has 0 aliphatic heterocycles. The lowest BCUT2D eigenvalue weighted by Crippen LogP contribution is -2.06. The van der Waals surface area contributed by atoms with Gasteiger partial charge in [0.05, 0.1) is 10.5 Å². The number of sulfone groups is 1. The van der Waals surface area contributed by atoms with Crippen molar-refractivity contribution in [3.05, 3.63) is 70.2 Å². The molecule has 1 N–H and O–H groups in total. The van der Waals surface area contributed by atoms with Gasteiger partial charge in [0.25, 0.3) is 0 Å². The van der Waals surface area contributed by atoms with Crippen LogP contribution in [0.2, 0.25) is 5.02 Å². The molecule has 0 spiro atoms. The molecule has 2 rings (SSSR count). The summed E-state index contributed by atoms with van der Waals surface area (Å²) in [6.45, 7) is 0. The molecule has 0 aromatic heterocycles. The maximum atomic E-state index is 12.5. The average molecular weight is 387 g/mol. The highest BCUT2D eigenvalue weighted by atomic mass is 35.5. The van der Waals surface area contributed by atoms with Crippen LogP contribution in [0.1, 0.15) is 5.56 Å². The third kappa shape index (κ3) is 4.53. The Labute approximate surface area is 147 Å². The summed E-state index contributed by atoms with van der Waals surface area (Å²) in [5, 5.41) is 11.9. The molecule has 9 heteroatoms. The van der Waals surface area contributed by atoms with Crippen molar-refractivity contribution in [2.24, 2.45) is 0 Å². The second kappa shape index (κ2) is 7.17. The molecule has 0 saturated carbocycles. The van der Waals surface area contributed by atoms with Crippen molar-refractivity contribution in [3.63, 3.8) is 0 Å². The second-order valence-corrected chi connectivity index (χ2v) is 7.15. The molecule has 130 valence electrons. The van der Waals surface area contributed by atoms with Crippen LogP contribution in [-0.2, 0) is 16.0 Å². The molecule has 0 aliphatic rings. The highest BCUT2D eigenvalue weighted by Gasteiger charge is 2.29. The topological polar surface area (TPSA) is 70.0 Å². The number of nitriles is 1. The summed E-state index contributed by atoms with van der Waals surface area (Å²) < 4.78 is 62.2. The minimum atomic E-state index is -4.47. The molecule has 0 bridgehead atoms. The van der Waals surface area contributed by atoms with E-state index in [0.29, 0.717) is 5.02 Å². The van der Waals surface area contributed by atoms with E-state index in [1.165, 1.54) is 24.3 Å². The predicted molar refractivity (Wildman–Crippen MR) is 87.4 cm³/mol. The van der Waals surface area contributed by atoms with Gasteiger partial charge in [-0.2, -0.15) is 18.4 Å². The number of hydrogen-bond acceptors (Lipinski definition) is 4. The molecule has 4 nitrogen and oxygen atoms in total. The molecule has 0 aliphatic carbocycles. The number of rotatable bonds is 4. The fourth-order valence-corrected chi connectivity index (χ4v) is 3.02. The summed E-state index contributed by atoms with van der Waals surface area (Å²) in [7, 11) is -4.07. The van der Waals surface area contributed by atoms with E-state index in [1.54, 1.807) is 6.07 Å². The van der Waals surface area contributed by atoms with Crippen molar-refractivity contribution in [1.82, 2.24) is 0 Å². The molecule has 0 fully saturated rings. The molecular formula is C16H10ClF3N2O2S. The fraction of sp³-hybridized carbons (Fsp3) is 0.0625. The number of alkyl halides is 3. The number of nitrogens with zero attached hydrogens (tertiary/aromatic N) is 1. The standard InChI is InChI=1S/C16H10ClF3N2O2S/c17-12-3-7-14(8-4-12)25(23,24)15(9-21)10-22-13-5-1-11(2-6-13)16(18,19)20/h1-8,10,22H/b15-10-. The van der Waals surface area contributed by atoms with E-state index in [1.807, 2.05) is 0 Å². The minimum Gasteiger partial charge on any atom is -0.360 e. The third-order valence-corrected chi connectivity index (χ3v) is 5.04. The van der Waals surface area contributed by atoms with Gasteiger partial charge in [0.1, 0.15) is 6.07 Å². The van der Waals surface area contributed by atoms with Crippen molar-refractivity contribution < 1.29 is 21.6 Å². The van der Waals surface area contributed by atoms with Crippen molar-refractivity contribution in [2.45, 2.75) is 11.1 Å². The Kier molecular flexibility index (Phi) is 5.40. The van der Waals surface area contributed by atoms with E-state index < -0.39 is 26.5 Å². The molecular weight excluding hydrogens is 377 g/mol. The number of nitrogens with one attached hydrogen (secondary N) is 1. The maximum absolute atomic E-state index is 12.5. The van der Waals surface area contributed by atoms with E-state index in [-0.39, 0.29) is 10.6 Å². The minimum absolute atomic E-state index is 0.126. The van der Waals surface area contributed by atoms with Crippen LogP contribution >= 0.6 is 11.6 Å². The zero-order valence-electron chi connectivity index (χ0n) is 12.4. The van der Waals surface area contributed by atoms with Crippen molar-refractivity contribution in [1.29, 1.82) is 5.26 Å². The van der Waals surface area contributed by atoms with Gasteiger partial charge >= 0.3 is 6.18 Å². The quantitative estimate of drug-likeness (QED) is 0.779. The van der Waals surface area contributed by atoms with Crippen LogP contribution in [0, 0.1) is 11.3 Å². The lowest BCUT2D eigenvalue weighted by molar-refractivity contribution is -0.137. The Hall–Kier alpha value is -2.50. The van der Waals surface area contributed by atoms with Crippen molar-refractivity contribution >= 4 is 27.1 Å². The Balaban J connectivity index is 2.26. The van der Waals surface area contributed by atoms with Crippen LogP contribution in [0.5, 0.6) is 0 Å². The third-order valence-electron chi connectivity index (χ3n) is 3.11. The fourth-order valence-electron chi connectivity index (χ4n) is 1.81. The van der Waals surface area contributed by atoms with Crippen molar-refractivity contribution in [3.8, 4) is 6.07 Å². The van der Waals surface area contributed by atoms with Crippen molar-refractivity contribution in [2.75, 3.05) is 5.32 Å². The van der Waals surface area contributed by atoms with E-state index >= 15 is 0 Å². The van der Waals surface area contributed by atoms with Gasteiger partial charge in [0.2, 0.25) is 9.84 Å². The maximum Gasteiger partial charge on any atom is 0.416 e. The van der Waals surface area contributed by atoms with E-state index in [2.05, 4.69) is 5.32 Å². The molecule has 2 aromatic rings. The summed E-state index contributed by atoms with van der Waals surface area (Å²) in [6, 6.07) is 10.7. The van der Waals surface area contributed by atoms with Gasteiger partial charge in [0.15, 0.2) is 4.91 Å². The normalized spacial score (nSPS) is 12.5. The van der Waals surface area contributed by atoms with Gasteiger partial charge in [-0.05, 0) is 48.5 Å². The van der Waals surface area contributed by atoms with E-state index in [0.717, 1.165) is 30.5 Å². The largest absolute Gasteiger partial charge is 0.416 e. The Morgan fingerprint density at radius 1 is 1.08 bits per heavy atom. The first-order valence-corrected chi connectivity index (χ1v) is 8.55. The summed E-state index contributed by atoms with van der Waals surface area (Å²) in [4.78, 5) is -0.714. The zero-order chi connectivity index (χ0) is 18.7. The average Bonchev–Trinajstić information content (AvgIpc) is 2.55. The number of anilines is 1. The Morgan fingerprint density at radius 2 is 1.64 bits per heavy atom. The molecule has 2 aromatic carbocycles. The van der Waals surface area contributed by atoms with Gasteiger partial charge < -0.3 is 5.32 Å². The second-order valence-electron chi connectivity index (χ2n) is 4.80. The van der Waals surface area contributed by atoms with Gasteiger partial charge in [-0.25, -0.2) is 8.42 Å². The smallest absolute Gasteiger partial charge is 0.360 e. The van der Waals surface area contributed by atoms with E-state index in [9.17, 15) is 21.6 Å². The van der Waals surface area contributed by atoms with Crippen LogP contribution < -0.4 is 5.32 Å². The summed E-state index contributed by atoms with van der Waals surface area (Å²) in [6.07, 6.45) is -3.54. The number of halogens is 4. The highest BCUT2D eigenvalue weighted by Crippen LogP contribution is 2.30. The monoisotopic (exact) mass is 386 g/mol. The Bertz CT molecular complexity index is 929. The molecule has 0 atom stereocenters. The lowest BCUT2D eigenvalue weighted by Gasteiger charge is -2.08. The first-order valence-electron chi connectivity index (χ1n) is 6.69. The SMILES string of the molecule is N#C/C(=C/Nc1ccc(C(F)(F)F)cc1)S(=O)(=O)c1ccc(Cl)cc1. The number of allylic oxidation sites excluding steroid dienone is 1. The first kappa shape index (κ1) is 18.8. The lowest BCUT2D eigenvalue weighted by atomic mass is 10.2. The predicted octanol–water partition coefficient (Wildman–Crippen LogP) is 4.61. The van der Waals surface area contributed by atoms with Gasteiger partial charge in [-0.3, -0.25) is 0 Å². The summed E-state index contributed by atoms with van der Waals surface area (Å²) in [5.74, 6) is 0. The van der Waals surface area contributed by atoms with Crippen LogP contribution in [-0.4, -0.2) is 8.42 Å². The zero-order valence-corrected chi connectivity index (χ0v) is 14.0. The summed E-state index contributed by atoms with van der Waals surface area (Å²) in [5.41, 5.74) is -0.636. The van der Waals surface area contributed by atoms with Crippen LogP contribution in [0.25, 0.3) is 0 Å². The van der Waals surface area contributed by atoms with Crippen LogP contribution in [0.15, 0.2) is 64.5 Å². The number of benzene rings is 2. The molecule has 0 heterocycles. The van der Waals surface area contributed by atoms with Crippen LogP contribution in [0.4, 0.5) is 18.9 Å².